The van der Waals surface area contributed by atoms with Crippen LogP contribution < -0.4 is 0 Å². The van der Waals surface area contributed by atoms with E-state index in [0.29, 0.717) is 26.3 Å². The van der Waals surface area contributed by atoms with E-state index in [1.807, 2.05) is 30.3 Å². The predicted molar refractivity (Wildman–Crippen MR) is 79.4 cm³/mol. The van der Waals surface area contributed by atoms with E-state index in [0.717, 1.165) is 5.69 Å². The Bertz CT molecular complexity index is 520. The Morgan fingerprint density at radius 2 is 1.86 bits per heavy atom. The first-order valence-electron chi connectivity index (χ1n) is 7.07. The van der Waals surface area contributed by atoms with E-state index in [2.05, 4.69) is 6.92 Å². The highest BCUT2D eigenvalue weighted by Crippen LogP contribution is 2.12. The van der Waals surface area contributed by atoms with Crippen LogP contribution in [0, 0.1) is 6.92 Å². The summed E-state index contributed by atoms with van der Waals surface area (Å²) in [6, 6.07) is 9.28. The lowest BCUT2D eigenvalue weighted by Crippen LogP contribution is -2.40. The fraction of sp³-hybridized carbons (Fsp3) is 0.375. The number of hydrogen-bond donors (Lipinski definition) is 0. The predicted octanol–water partition coefficient (Wildman–Crippen LogP) is 1.40. The topological polar surface area (TPSA) is 49.6 Å². The van der Waals surface area contributed by atoms with Crippen molar-refractivity contribution in [2.45, 2.75) is 12.8 Å². The van der Waals surface area contributed by atoms with Gasteiger partial charge in [-0.1, -0.05) is 18.2 Å². The Morgan fingerprint density at radius 3 is 2.48 bits per heavy atom. The Morgan fingerprint density at radius 1 is 1.19 bits per heavy atom. The largest absolute Gasteiger partial charge is 0.390 e. The molecule has 0 unspecified atom stereocenters. The highest BCUT2D eigenvalue weighted by Gasteiger charge is 2.22. The van der Waals surface area contributed by atoms with Crippen LogP contribution in [0.5, 0.6) is 0 Å². The van der Waals surface area contributed by atoms with Gasteiger partial charge in [-0.2, -0.15) is 4.58 Å². The molecule has 0 spiro atoms. The van der Waals surface area contributed by atoms with Crippen molar-refractivity contribution < 1.29 is 18.9 Å². The van der Waals surface area contributed by atoms with Crippen LogP contribution in [0.15, 0.2) is 30.3 Å². The maximum atomic E-state index is 12.2. The fourth-order valence-corrected chi connectivity index (χ4v) is 2.24. The van der Waals surface area contributed by atoms with Crippen LogP contribution in [0.2, 0.25) is 0 Å². The number of hydrogen-bond acceptors (Lipinski definition) is 3. The maximum Gasteiger partial charge on any atom is 0.390 e. The molecule has 0 aromatic heterocycles. The minimum absolute atomic E-state index is 0.00345. The number of para-hydroxylation sites is 1. The first-order valence-corrected chi connectivity index (χ1v) is 7.07. The molecule has 1 aliphatic heterocycles. The monoisotopic (exact) mass is 288 g/mol. The van der Waals surface area contributed by atoms with E-state index in [9.17, 15) is 9.59 Å². The van der Waals surface area contributed by atoms with Gasteiger partial charge in [0.05, 0.1) is 19.6 Å². The number of benzene rings is 1. The molecular weight excluding hydrogens is 268 g/mol. The summed E-state index contributed by atoms with van der Waals surface area (Å²) < 4.78 is 6.69. The van der Waals surface area contributed by atoms with Crippen LogP contribution in [-0.2, 0) is 14.3 Å². The van der Waals surface area contributed by atoms with E-state index >= 15 is 0 Å². The lowest BCUT2D eigenvalue weighted by atomic mass is 10.2. The quantitative estimate of drug-likeness (QED) is 0.478. The number of amides is 2. The fourth-order valence-electron chi connectivity index (χ4n) is 2.24. The number of rotatable bonds is 4. The van der Waals surface area contributed by atoms with E-state index in [4.69, 9.17) is 4.74 Å². The third-order valence-electron chi connectivity index (χ3n) is 3.40. The average molecular weight is 288 g/mol. The van der Waals surface area contributed by atoms with Crippen LogP contribution in [0.1, 0.15) is 12.8 Å². The van der Waals surface area contributed by atoms with Crippen molar-refractivity contribution in [2.24, 2.45) is 0 Å². The van der Waals surface area contributed by atoms with E-state index in [1.54, 1.807) is 4.90 Å². The molecule has 112 valence electrons. The summed E-state index contributed by atoms with van der Waals surface area (Å²) >= 11 is 0. The first kappa shape index (κ1) is 15.3. The molecule has 21 heavy (non-hydrogen) atoms. The van der Waals surface area contributed by atoms with Gasteiger partial charge in [0, 0.05) is 37.9 Å². The van der Waals surface area contributed by atoms with Crippen molar-refractivity contribution in [3.63, 3.8) is 0 Å². The summed E-state index contributed by atoms with van der Waals surface area (Å²) in [5.74, 6) is -0.124. The Labute approximate surface area is 124 Å². The second kappa shape index (κ2) is 7.59. The van der Waals surface area contributed by atoms with Crippen LogP contribution in [0.4, 0.5) is 5.69 Å². The minimum Gasteiger partial charge on any atom is -0.378 e. The summed E-state index contributed by atoms with van der Waals surface area (Å²) in [4.78, 5) is 26.0. The summed E-state index contributed by atoms with van der Waals surface area (Å²) in [5.41, 5.74) is 0.760. The van der Waals surface area contributed by atoms with Crippen LogP contribution in [-0.4, -0.2) is 53.8 Å². The highest BCUT2D eigenvalue weighted by molar-refractivity contribution is 5.83. The lowest BCUT2D eigenvalue weighted by molar-refractivity contribution is -0.362. The van der Waals surface area contributed by atoms with Crippen molar-refractivity contribution in [3.05, 3.63) is 37.3 Å². The molecule has 0 radical (unpaired) electrons. The van der Waals surface area contributed by atoms with Crippen LogP contribution in [0.25, 0.3) is 0 Å². The van der Waals surface area contributed by atoms with Gasteiger partial charge in [-0.15, -0.1) is 0 Å². The molecule has 5 heteroatoms. The number of carbonyl (C=O) groups excluding carboxylic acids is 2. The molecule has 0 saturated carbocycles. The van der Waals surface area contributed by atoms with Gasteiger partial charge in [0.2, 0.25) is 11.6 Å². The molecule has 0 aliphatic carbocycles. The van der Waals surface area contributed by atoms with Crippen molar-refractivity contribution in [2.75, 3.05) is 26.3 Å². The minimum atomic E-state index is -0.127. The third-order valence-corrected chi connectivity index (χ3v) is 3.40. The zero-order valence-corrected chi connectivity index (χ0v) is 12.0. The highest BCUT2D eigenvalue weighted by atomic mass is 16.5. The second-order valence-corrected chi connectivity index (χ2v) is 4.78. The van der Waals surface area contributed by atoms with Gasteiger partial charge in [0.25, 0.3) is 0 Å². The van der Waals surface area contributed by atoms with Gasteiger partial charge in [-0.3, -0.25) is 4.79 Å². The van der Waals surface area contributed by atoms with E-state index in [1.165, 1.54) is 10.8 Å². The summed E-state index contributed by atoms with van der Waals surface area (Å²) in [6.07, 6.45) is 1.88. The molecular formula is C16H20N2O3. The Balaban J connectivity index is 1.90. The molecule has 0 bridgehead atoms. The van der Waals surface area contributed by atoms with Gasteiger partial charge >= 0.3 is 5.91 Å². The van der Waals surface area contributed by atoms with Gasteiger partial charge in [0.15, 0.2) is 0 Å². The number of nitrogens with zero attached hydrogens (tertiary/aromatic N) is 2. The van der Waals surface area contributed by atoms with Crippen molar-refractivity contribution in [1.82, 2.24) is 4.90 Å². The zero-order chi connectivity index (χ0) is 15.1. The lowest BCUT2D eigenvalue weighted by Gasteiger charge is -2.26. The summed E-state index contributed by atoms with van der Waals surface area (Å²) in [7, 11) is 0. The number of morpholine rings is 1. The number of carbonyl (C=O) groups is 2. The molecule has 5 nitrogen and oxygen atoms in total. The normalized spacial score (nSPS) is 15.8. The molecule has 1 heterocycles. The first-order chi connectivity index (χ1) is 10.2. The van der Waals surface area contributed by atoms with Crippen molar-refractivity contribution in [3.8, 4) is 0 Å². The number of ether oxygens (including phenoxy) is 1. The third kappa shape index (κ3) is 4.16. The molecule has 1 fully saturated rings. The molecule has 1 aliphatic rings. The Hall–Kier alpha value is -2.14. The molecule has 2 rings (SSSR count). The van der Waals surface area contributed by atoms with Gasteiger partial charge in [-0.05, 0) is 0 Å². The van der Waals surface area contributed by atoms with E-state index < -0.39 is 0 Å². The van der Waals surface area contributed by atoms with Crippen LogP contribution >= 0.6 is 0 Å². The van der Waals surface area contributed by atoms with Gasteiger partial charge < -0.3 is 16.6 Å². The molecule has 0 N–H and O–H groups in total. The van der Waals surface area contributed by atoms with Gasteiger partial charge in [-0.25, -0.2) is 4.79 Å². The average Bonchev–Trinajstić information content (AvgIpc) is 2.55. The Kier molecular flexibility index (Phi) is 5.51. The second-order valence-electron chi connectivity index (χ2n) is 4.78. The zero-order valence-electron chi connectivity index (χ0n) is 12.0. The van der Waals surface area contributed by atoms with Gasteiger partial charge in [0.1, 0.15) is 0 Å². The summed E-state index contributed by atoms with van der Waals surface area (Å²) in [6.45, 7) is 6.03. The van der Waals surface area contributed by atoms with Crippen molar-refractivity contribution in [1.29, 1.82) is 0 Å². The molecule has 1 aromatic rings. The maximum absolute atomic E-state index is 12.2. The summed E-state index contributed by atoms with van der Waals surface area (Å²) in [5, 5.41) is 0. The molecule has 1 saturated heterocycles. The molecule has 1 aromatic carbocycles. The van der Waals surface area contributed by atoms with Crippen LogP contribution in [0.3, 0.4) is 0 Å². The molecule has 2 amide bonds. The van der Waals surface area contributed by atoms with E-state index in [-0.39, 0.29) is 24.7 Å². The van der Waals surface area contributed by atoms with Crippen molar-refractivity contribution >= 4 is 23.7 Å². The SMILES string of the molecule is [CH2-]/C=[N+](/C(=O)CCC(=O)N1CCOCC1)c1ccccc1. The smallest absolute Gasteiger partial charge is 0.378 e. The standard InChI is InChI=1S/C16H20N2O3/c1-2-18(14-6-4-3-5-7-14)16(20)9-8-15(19)17-10-12-21-13-11-17/h2-7H,1,8-13H2/b18-2+. The molecule has 0 atom stereocenters.